The van der Waals surface area contributed by atoms with Crippen molar-refractivity contribution in [1.29, 1.82) is 0 Å². The Balaban J connectivity index is 2.06. The molecule has 0 bridgehead atoms. The zero-order valence-corrected chi connectivity index (χ0v) is 10.1. The van der Waals surface area contributed by atoms with Gasteiger partial charge in [-0.05, 0) is 30.3 Å². The minimum absolute atomic E-state index is 0.223. The van der Waals surface area contributed by atoms with Gasteiger partial charge in [-0.2, -0.15) is 0 Å². The van der Waals surface area contributed by atoms with Crippen LogP contribution >= 0.6 is 11.6 Å². The van der Waals surface area contributed by atoms with Gasteiger partial charge in [0.2, 0.25) is 0 Å². The van der Waals surface area contributed by atoms with Gasteiger partial charge in [0.05, 0.1) is 16.4 Å². The Morgan fingerprint density at radius 1 is 1.33 bits per heavy atom. The van der Waals surface area contributed by atoms with E-state index in [9.17, 15) is 4.39 Å². The predicted octanol–water partition coefficient (Wildman–Crippen LogP) is 2.74. The molecule has 4 nitrogen and oxygen atoms in total. The van der Waals surface area contributed by atoms with Gasteiger partial charge in [-0.1, -0.05) is 11.6 Å². The van der Waals surface area contributed by atoms with Crippen molar-refractivity contribution in [3.63, 3.8) is 0 Å². The monoisotopic (exact) mass is 267 g/mol. The van der Waals surface area contributed by atoms with Crippen molar-refractivity contribution in [3.05, 3.63) is 53.1 Å². The second kappa shape index (κ2) is 5.66. The molecule has 2 rings (SSSR count). The molecule has 3 N–H and O–H groups in total. The van der Waals surface area contributed by atoms with E-state index in [0.717, 1.165) is 5.69 Å². The molecule has 0 aliphatic rings. The largest absolute Gasteiger partial charge is 0.486 e. The van der Waals surface area contributed by atoms with Gasteiger partial charge in [0.1, 0.15) is 18.2 Å². The van der Waals surface area contributed by atoms with Crippen molar-refractivity contribution in [1.82, 2.24) is 4.98 Å². The zero-order chi connectivity index (χ0) is 13.0. The molecule has 0 aliphatic heterocycles. The summed E-state index contributed by atoms with van der Waals surface area (Å²) in [7, 11) is 0. The molecule has 1 aromatic heterocycles. The predicted molar refractivity (Wildman–Crippen MR) is 67.8 cm³/mol. The summed E-state index contributed by atoms with van der Waals surface area (Å²) < 4.78 is 18.3. The number of nitrogens with one attached hydrogen (secondary N) is 1. The van der Waals surface area contributed by atoms with E-state index < -0.39 is 5.82 Å². The molecule has 0 saturated heterocycles. The Morgan fingerprint density at radius 2 is 2.17 bits per heavy atom. The maximum Gasteiger partial charge on any atom is 0.138 e. The number of hydrogen-bond donors (Lipinski definition) is 2. The van der Waals surface area contributed by atoms with Crippen molar-refractivity contribution in [2.24, 2.45) is 5.84 Å². The van der Waals surface area contributed by atoms with Gasteiger partial charge in [-0.3, -0.25) is 10.8 Å². The maximum atomic E-state index is 12.8. The minimum Gasteiger partial charge on any atom is -0.486 e. The highest BCUT2D eigenvalue weighted by molar-refractivity contribution is 6.32. The number of anilines is 1. The number of aromatic nitrogens is 1. The van der Waals surface area contributed by atoms with Crippen LogP contribution in [0.15, 0.2) is 36.5 Å². The summed E-state index contributed by atoms with van der Waals surface area (Å²) in [5.74, 6) is 5.29. The molecule has 6 heteroatoms. The van der Waals surface area contributed by atoms with Crippen molar-refractivity contribution in [2.75, 3.05) is 5.43 Å². The van der Waals surface area contributed by atoms with Crippen LogP contribution in [0.2, 0.25) is 5.02 Å². The molecular weight excluding hydrogens is 257 g/mol. The van der Waals surface area contributed by atoms with Gasteiger partial charge >= 0.3 is 0 Å². The molecule has 0 amide bonds. The number of ether oxygens (including phenoxy) is 1. The average Bonchev–Trinajstić information content (AvgIpc) is 2.38. The van der Waals surface area contributed by atoms with Gasteiger partial charge in [0.15, 0.2) is 0 Å². The van der Waals surface area contributed by atoms with Crippen molar-refractivity contribution in [2.45, 2.75) is 6.61 Å². The lowest BCUT2D eigenvalue weighted by atomic mass is 10.3. The third-order valence-corrected chi connectivity index (χ3v) is 2.55. The Morgan fingerprint density at radius 3 is 2.89 bits per heavy atom. The molecule has 94 valence electrons. The standard InChI is InChI=1S/C12H11ClFN3O/c13-11-5-8(14)1-2-12(11)18-7-10-6-9(17-15)3-4-16-10/h1-6H,7,15H2,(H,16,17). The zero-order valence-electron chi connectivity index (χ0n) is 9.36. The Hall–Kier alpha value is -1.85. The number of pyridine rings is 1. The Kier molecular flexibility index (Phi) is 3.96. The first-order valence-corrected chi connectivity index (χ1v) is 5.56. The highest BCUT2D eigenvalue weighted by atomic mass is 35.5. The number of rotatable bonds is 4. The van der Waals surface area contributed by atoms with Gasteiger partial charge in [0.25, 0.3) is 0 Å². The fourth-order valence-corrected chi connectivity index (χ4v) is 1.61. The van der Waals surface area contributed by atoms with Crippen LogP contribution in [0.25, 0.3) is 0 Å². The van der Waals surface area contributed by atoms with Crippen LogP contribution in [0, 0.1) is 5.82 Å². The highest BCUT2D eigenvalue weighted by Crippen LogP contribution is 2.25. The number of hydrazine groups is 1. The first kappa shape index (κ1) is 12.6. The van der Waals surface area contributed by atoms with Crippen LogP contribution < -0.4 is 16.0 Å². The molecule has 18 heavy (non-hydrogen) atoms. The van der Waals surface area contributed by atoms with E-state index in [1.54, 1.807) is 18.3 Å². The molecule has 0 atom stereocenters. The van der Waals surface area contributed by atoms with Crippen molar-refractivity contribution in [3.8, 4) is 5.75 Å². The molecule has 0 unspecified atom stereocenters. The Labute approximate surface area is 109 Å². The molecule has 2 aromatic rings. The van der Waals surface area contributed by atoms with Gasteiger partial charge in [-0.25, -0.2) is 4.39 Å². The molecule has 1 aromatic carbocycles. The summed E-state index contributed by atoms with van der Waals surface area (Å²) in [4.78, 5) is 4.11. The highest BCUT2D eigenvalue weighted by Gasteiger charge is 2.04. The topological polar surface area (TPSA) is 60.2 Å². The van der Waals surface area contributed by atoms with E-state index in [4.69, 9.17) is 22.2 Å². The molecule has 0 radical (unpaired) electrons. The smallest absolute Gasteiger partial charge is 0.138 e. The Bertz CT molecular complexity index is 551. The average molecular weight is 268 g/mol. The SMILES string of the molecule is NNc1ccnc(COc2ccc(F)cc2Cl)c1. The molecule has 0 spiro atoms. The normalized spacial score (nSPS) is 10.2. The van der Waals surface area contributed by atoms with E-state index in [1.807, 2.05) is 0 Å². The summed E-state index contributed by atoms with van der Waals surface area (Å²) in [6.45, 7) is 0.223. The fraction of sp³-hybridized carbons (Fsp3) is 0.0833. The van der Waals surface area contributed by atoms with Crippen molar-refractivity contribution < 1.29 is 9.13 Å². The molecule has 0 fully saturated rings. The molecular formula is C12H11ClFN3O. The fourth-order valence-electron chi connectivity index (χ4n) is 1.39. The molecule has 1 heterocycles. The van der Waals surface area contributed by atoms with Crippen molar-refractivity contribution >= 4 is 17.3 Å². The number of halogens is 2. The quantitative estimate of drug-likeness (QED) is 0.661. The lowest BCUT2D eigenvalue weighted by Crippen LogP contribution is -2.08. The summed E-state index contributed by atoms with van der Waals surface area (Å²) in [6, 6.07) is 7.43. The maximum absolute atomic E-state index is 12.8. The van der Waals surface area contributed by atoms with E-state index in [0.29, 0.717) is 11.4 Å². The summed E-state index contributed by atoms with van der Waals surface area (Å²) in [6.07, 6.45) is 1.61. The van der Waals surface area contributed by atoms with Gasteiger partial charge in [-0.15, -0.1) is 0 Å². The summed E-state index contributed by atoms with van der Waals surface area (Å²) in [5.41, 5.74) is 3.93. The van der Waals surface area contributed by atoms with E-state index >= 15 is 0 Å². The molecule has 0 saturated carbocycles. The van der Waals surface area contributed by atoms with Crippen LogP contribution in [0.4, 0.5) is 10.1 Å². The lowest BCUT2D eigenvalue weighted by Gasteiger charge is -2.08. The number of nitrogens with two attached hydrogens (primary N) is 1. The summed E-state index contributed by atoms with van der Waals surface area (Å²) in [5, 5.41) is 0.225. The van der Waals surface area contributed by atoms with E-state index in [-0.39, 0.29) is 11.6 Å². The second-order valence-corrected chi connectivity index (χ2v) is 3.95. The van der Waals surface area contributed by atoms with Crippen LogP contribution in [0.1, 0.15) is 5.69 Å². The van der Waals surface area contributed by atoms with Gasteiger partial charge in [0, 0.05) is 6.20 Å². The molecule has 0 aliphatic carbocycles. The number of nitrogen functional groups attached to an aromatic ring is 1. The van der Waals surface area contributed by atoms with Crippen LogP contribution in [-0.4, -0.2) is 4.98 Å². The second-order valence-electron chi connectivity index (χ2n) is 3.54. The number of nitrogens with zero attached hydrogens (tertiary/aromatic N) is 1. The van der Waals surface area contributed by atoms with Crippen LogP contribution in [-0.2, 0) is 6.61 Å². The van der Waals surface area contributed by atoms with Gasteiger partial charge < -0.3 is 10.2 Å². The van der Waals surface area contributed by atoms with Crippen LogP contribution in [0.5, 0.6) is 5.75 Å². The number of benzene rings is 1. The minimum atomic E-state index is -0.403. The lowest BCUT2D eigenvalue weighted by molar-refractivity contribution is 0.301. The van der Waals surface area contributed by atoms with E-state index in [2.05, 4.69) is 10.4 Å². The van der Waals surface area contributed by atoms with E-state index in [1.165, 1.54) is 18.2 Å². The first-order valence-electron chi connectivity index (χ1n) is 5.18. The number of hydrogen-bond acceptors (Lipinski definition) is 4. The third kappa shape index (κ3) is 3.09. The van der Waals surface area contributed by atoms with Crippen LogP contribution in [0.3, 0.4) is 0 Å². The third-order valence-electron chi connectivity index (χ3n) is 2.25. The summed E-state index contributed by atoms with van der Waals surface area (Å²) >= 11 is 5.84. The first-order chi connectivity index (χ1) is 8.69.